The number of halogens is 1. The van der Waals surface area contributed by atoms with E-state index in [4.69, 9.17) is 21.0 Å². The Bertz CT molecular complexity index is 1480. The first-order chi connectivity index (χ1) is 13.3. The van der Waals surface area contributed by atoms with Crippen molar-refractivity contribution in [1.82, 2.24) is 9.97 Å². The maximum absolute atomic E-state index is 6.29. The van der Waals surface area contributed by atoms with Crippen molar-refractivity contribution in [2.24, 2.45) is 0 Å². The van der Waals surface area contributed by atoms with E-state index in [1.54, 1.807) is 0 Å². The van der Waals surface area contributed by atoms with Gasteiger partial charge in [-0.15, -0.1) is 0 Å². The molecule has 0 aliphatic heterocycles. The van der Waals surface area contributed by atoms with Gasteiger partial charge >= 0.3 is 0 Å². The zero-order chi connectivity index (χ0) is 18.0. The van der Waals surface area contributed by atoms with Gasteiger partial charge in [-0.3, -0.25) is 0 Å². The number of rotatable bonds is 1. The van der Waals surface area contributed by atoms with Gasteiger partial charge in [0.1, 0.15) is 0 Å². The Morgan fingerprint density at radius 2 is 1.52 bits per heavy atom. The molecular weight excluding hydrogens is 356 g/mol. The predicted molar refractivity (Wildman–Crippen MR) is 111 cm³/mol. The largest absolute Gasteiger partial charge is 0.435 e. The third-order valence-corrected chi connectivity index (χ3v) is 5.35. The fourth-order valence-corrected chi connectivity index (χ4v) is 4.02. The molecule has 3 aromatic carbocycles. The van der Waals surface area contributed by atoms with Gasteiger partial charge in [0.2, 0.25) is 5.71 Å². The highest BCUT2D eigenvalue weighted by Crippen LogP contribution is 2.41. The summed E-state index contributed by atoms with van der Waals surface area (Å²) in [5.74, 6) is 0. The van der Waals surface area contributed by atoms with Gasteiger partial charge in [-0.05, 0) is 24.3 Å². The van der Waals surface area contributed by atoms with E-state index >= 15 is 0 Å². The van der Waals surface area contributed by atoms with E-state index in [1.807, 2.05) is 48.5 Å². The van der Waals surface area contributed by atoms with E-state index in [2.05, 4.69) is 29.2 Å². The molecule has 0 atom stereocenters. The zero-order valence-corrected chi connectivity index (χ0v) is 14.9. The van der Waals surface area contributed by atoms with Gasteiger partial charge in [-0.1, -0.05) is 60.1 Å². The molecule has 0 bridgehead atoms. The first-order valence-electron chi connectivity index (χ1n) is 8.77. The molecule has 3 aromatic heterocycles. The minimum absolute atomic E-state index is 0.672. The lowest BCUT2D eigenvalue weighted by atomic mass is 10.0. The van der Waals surface area contributed by atoms with Gasteiger partial charge in [-0.25, -0.2) is 4.98 Å². The van der Waals surface area contributed by atoms with E-state index in [-0.39, 0.29) is 0 Å². The van der Waals surface area contributed by atoms with Crippen LogP contribution in [0, 0.1) is 0 Å². The van der Waals surface area contributed by atoms with Gasteiger partial charge in [-0.2, -0.15) is 0 Å². The predicted octanol–water partition coefficient (Wildman–Crippen LogP) is 6.94. The lowest BCUT2D eigenvalue weighted by Crippen LogP contribution is -1.87. The molecule has 0 aliphatic carbocycles. The number of furan rings is 1. The molecule has 6 aromatic rings. The monoisotopic (exact) mass is 368 g/mol. The summed E-state index contributed by atoms with van der Waals surface area (Å²) in [7, 11) is 0. The number of para-hydroxylation sites is 2. The van der Waals surface area contributed by atoms with Gasteiger partial charge < -0.3 is 9.40 Å². The Morgan fingerprint density at radius 1 is 0.778 bits per heavy atom. The lowest BCUT2D eigenvalue weighted by Gasteiger charge is -2.08. The molecule has 0 unspecified atom stereocenters. The van der Waals surface area contributed by atoms with Crippen LogP contribution in [0.5, 0.6) is 0 Å². The van der Waals surface area contributed by atoms with Crippen molar-refractivity contribution in [2.45, 2.75) is 0 Å². The van der Waals surface area contributed by atoms with Crippen molar-refractivity contribution < 1.29 is 4.42 Å². The van der Waals surface area contributed by atoms with Crippen LogP contribution in [-0.4, -0.2) is 9.97 Å². The highest BCUT2D eigenvalue weighted by molar-refractivity contribution is 6.31. The fraction of sp³-hybridized carbons (Fsp3) is 0. The molecule has 0 radical (unpaired) electrons. The molecule has 0 aliphatic rings. The Labute approximate surface area is 159 Å². The van der Waals surface area contributed by atoms with Crippen LogP contribution in [0.25, 0.3) is 55.1 Å². The standard InChI is InChI=1S/C23H13ClN2O/c24-14-11-9-13(10-12-14)21-22-19(15-5-1-3-7-17(15)25-21)20-16-6-2-4-8-18(16)26-23(20)27-22/h1-12,25H. The minimum Gasteiger partial charge on any atom is -0.435 e. The van der Waals surface area contributed by atoms with E-state index in [0.717, 1.165) is 49.4 Å². The third kappa shape index (κ3) is 2.06. The van der Waals surface area contributed by atoms with E-state index < -0.39 is 0 Å². The Balaban J connectivity index is 1.86. The number of nitrogens with one attached hydrogen (secondary N) is 1. The van der Waals surface area contributed by atoms with Gasteiger partial charge in [0.05, 0.1) is 16.6 Å². The second-order valence-corrected chi connectivity index (χ2v) is 7.10. The van der Waals surface area contributed by atoms with E-state index in [9.17, 15) is 0 Å². The summed E-state index contributed by atoms with van der Waals surface area (Å²) in [4.78, 5) is 8.25. The summed E-state index contributed by atoms with van der Waals surface area (Å²) < 4.78 is 6.29. The molecule has 0 spiro atoms. The lowest BCUT2D eigenvalue weighted by molar-refractivity contribution is 0.657. The van der Waals surface area contributed by atoms with Crippen molar-refractivity contribution in [3.05, 3.63) is 77.8 Å². The van der Waals surface area contributed by atoms with Crippen LogP contribution in [0.3, 0.4) is 0 Å². The van der Waals surface area contributed by atoms with Crippen LogP contribution in [0.15, 0.2) is 77.2 Å². The fourth-order valence-electron chi connectivity index (χ4n) is 3.89. The summed E-state index contributed by atoms with van der Waals surface area (Å²) in [5.41, 5.74) is 5.46. The molecule has 0 amide bonds. The van der Waals surface area contributed by atoms with Gasteiger partial charge in [0, 0.05) is 32.3 Å². The summed E-state index contributed by atoms with van der Waals surface area (Å²) >= 11 is 6.08. The van der Waals surface area contributed by atoms with E-state index in [0.29, 0.717) is 10.7 Å². The average Bonchev–Trinajstić information content (AvgIpc) is 3.24. The van der Waals surface area contributed by atoms with Crippen LogP contribution in [0.4, 0.5) is 0 Å². The summed E-state index contributed by atoms with van der Waals surface area (Å²) in [6.45, 7) is 0. The minimum atomic E-state index is 0.672. The SMILES string of the molecule is Clc1ccc(-c2[nH]c3ccccc3c3c2oc2nc4ccccc4c23)cc1. The molecule has 1 N–H and O–H groups in total. The number of H-pyrrole nitrogens is 1. The first-order valence-corrected chi connectivity index (χ1v) is 9.15. The number of fused-ring (bicyclic) bond motifs is 7. The molecule has 27 heavy (non-hydrogen) atoms. The van der Waals surface area contributed by atoms with Crippen LogP contribution < -0.4 is 0 Å². The van der Waals surface area contributed by atoms with Crippen molar-refractivity contribution in [1.29, 1.82) is 0 Å². The quantitative estimate of drug-likeness (QED) is 0.341. The third-order valence-electron chi connectivity index (χ3n) is 5.10. The highest BCUT2D eigenvalue weighted by atomic mass is 35.5. The van der Waals surface area contributed by atoms with E-state index in [1.165, 1.54) is 0 Å². The number of aromatic amines is 1. The second kappa shape index (κ2) is 5.35. The summed E-state index contributed by atoms with van der Waals surface area (Å²) in [6.07, 6.45) is 0. The molecule has 128 valence electrons. The van der Waals surface area contributed by atoms with Crippen LogP contribution in [0.2, 0.25) is 5.02 Å². The molecule has 0 saturated carbocycles. The normalized spacial score (nSPS) is 11.9. The van der Waals surface area contributed by atoms with Crippen LogP contribution in [0.1, 0.15) is 0 Å². The Morgan fingerprint density at radius 3 is 2.37 bits per heavy atom. The molecule has 0 fully saturated rings. The molecule has 4 heteroatoms. The van der Waals surface area contributed by atoms with Crippen molar-refractivity contribution in [2.75, 3.05) is 0 Å². The number of hydrogen-bond acceptors (Lipinski definition) is 2. The van der Waals surface area contributed by atoms with Gasteiger partial charge in [0.25, 0.3) is 0 Å². The number of pyridine rings is 1. The second-order valence-electron chi connectivity index (χ2n) is 6.67. The zero-order valence-electron chi connectivity index (χ0n) is 14.2. The topological polar surface area (TPSA) is 41.8 Å². The molecule has 0 saturated heterocycles. The summed E-state index contributed by atoms with van der Waals surface area (Å²) in [5, 5.41) is 5.12. The first kappa shape index (κ1) is 14.8. The maximum atomic E-state index is 6.29. The van der Waals surface area contributed by atoms with Crippen LogP contribution in [-0.2, 0) is 0 Å². The van der Waals surface area contributed by atoms with Crippen LogP contribution >= 0.6 is 11.6 Å². The Kier molecular flexibility index (Phi) is 2.94. The molecule has 3 nitrogen and oxygen atoms in total. The number of nitrogens with zero attached hydrogens (tertiary/aromatic N) is 1. The van der Waals surface area contributed by atoms with Crippen molar-refractivity contribution in [3.63, 3.8) is 0 Å². The number of hydrogen-bond donors (Lipinski definition) is 1. The average molecular weight is 369 g/mol. The van der Waals surface area contributed by atoms with Crippen molar-refractivity contribution >= 4 is 55.5 Å². The summed E-state index contributed by atoms with van der Waals surface area (Å²) in [6, 6.07) is 24.3. The molecule has 3 heterocycles. The number of benzene rings is 3. The van der Waals surface area contributed by atoms with Gasteiger partial charge in [0.15, 0.2) is 5.58 Å². The van der Waals surface area contributed by atoms with Crippen molar-refractivity contribution in [3.8, 4) is 11.3 Å². The maximum Gasteiger partial charge on any atom is 0.228 e. The Hall–Kier alpha value is -3.30. The number of aromatic nitrogens is 2. The molecular formula is C23H13ClN2O. The smallest absolute Gasteiger partial charge is 0.228 e. The molecule has 6 rings (SSSR count). The highest BCUT2D eigenvalue weighted by Gasteiger charge is 2.20.